The van der Waals surface area contributed by atoms with Gasteiger partial charge in [-0.15, -0.1) is 0 Å². The summed E-state index contributed by atoms with van der Waals surface area (Å²) in [5.74, 6) is 0.0169. The zero-order chi connectivity index (χ0) is 13.1. The fourth-order valence-electron chi connectivity index (χ4n) is 2.30. The van der Waals surface area contributed by atoms with Gasteiger partial charge in [0.1, 0.15) is 0 Å². The quantitative estimate of drug-likeness (QED) is 0.643. The molecule has 6 heteroatoms. The molecule has 0 spiro atoms. The number of nitrogens with zero attached hydrogens (tertiary/aromatic N) is 2. The number of amides is 1. The molecule has 1 aromatic carbocycles. The number of non-ortho nitro benzene ring substituents is 1. The molecule has 0 aliphatic carbocycles. The van der Waals surface area contributed by atoms with Crippen molar-refractivity contribution in [3.05, 3.63) is 34.4 Å². The van der Waals surface area contributed by atoms with Crippen molar-refractivity contribution in [3.8, 4) is 0 Å². The van der Waals surface area contributed by atoms with Crippen molar-refractivity contribution in [2.45, 2.75) is 12.8 Å². The lowest BCUT2D eigenvalue weighted by atomic mass is 10.1. The number of carbonyl (C=O) groups is 1. The minimum absolute atomic E-state index is 0.0895. The second-order valence-corrected chi connectivity index (χ2v) is 4.54. The van der Waals surface area contributed by atoms with Crippen LogP contribution in [0.5, 0.6) is 0 Å². The van der Waals surface area contributed by atoms with Gasteiger partial charge in [0, 0.05) is 37.3 Å². The van der Waals surface area contributed by atoms with Crippen LogP contribution in [0.4, 0.5) is 11.4 Å². The van der Waals surface area contributed by atoms with Gasteiger partial charge in [-0.1, -0.05) is 0 Å². The highest BCUT2D eigenvalue weighted by molar-refractivity contribution is 5.74. The maximum absolute atomic E-state index is 10.8. The Hall–Kier alpha value is -2.11. The van der Waals surface area contributed by atoms with E-state index in [0.29, 0.717) is 6.42 Å². The van der Waals surface area contributed by atoms with Gasteiger partial charge in [0.05, 0.1) is 4.92 Å². The number of rotatable bonds is 4. The van der Waals surface area contributed by atoms with Crippen LogP contribution in [-0.2, 0) is 4.79 Å². The number of hydrogen-bond donors (Lipinski definition) is 1. The highest BCUT2D eigenvalue weighted by Crippen LogP contribution is 2.26. The van der Waals surface area contributed by atoms with Crippen LogP contribution in [-0.4, -0.2) is 23.9 Å². The molecule has 0 bridgehead atoms. The minimum Gasteiger partial charge on any atom is -0.371 e. The smallest absolute Gasteiger partial charge is 0.269 e. The van der Waals surface area contributed by atoms with E-state index in [4.69, 9.17) is 5.73 Å². The number of nitrogens with two attached hydrogens (primary N) is 1. The molecule has 2 N–H and O–H groups in total. The molecule has 18 heavy (non-hydrogen) atoms. The molecule has 1 heterocycles. The van der Waals surface area contributed by atoms with Gasteiger partial charge in [0.15, 0.2) is 0 Å². The molecule has 1 saturated heterocycles. The van der Waals surface area contributed by atoms with E-state index >= 15 is 0 Å². The van der Waals surface area contributed by atoms with Crippen LogP contribution in [0.1, 0.15) is 12.8 Å². The predicted molar refractivity (Wildman–Crippen MR) is 67.2 cm³/mol. The molecule has 1 amide bonds. The number of nitro benzene ring substituents is 1. The Kier molecular flexibility index (Phi) is 3.45. The number of primary amides is 1. The van der Waals surface area contributed by atoms with Crippen molar-refractivity contribution in [3.63, 3.8) is 0 Å². The maximum Gasteiger partial charge on any atom is 0.269 e. The van der Waals surface area contributed by atoms with E-state index in [9.17, 15) is 14.9 Å². The molecular formula is C12H15N3O3. The minimum atomic E-state index is -0.413. The van der Waals surface area contributed by atoms with Gasteiger partial charge in [-0.2, -0.15) is 0 Å². The van der Waals surface area contributed by atoms with E-state index in [1.807, 2.05) is 0 Å². The first kappa shape index (κ1) is 12.3. The first-order valence-electron chi connectivity index (χ1n) is 5.84. The van der Waals surface area contributed by atoms with E-state index in [1.54, 1.807) is 12.1 Å². The number of carbonyl (C=O) groups excluding carboxylic acids is 1. The summed E-state index contributed by atoms with van der Waals surface area (Å²) in [5.41, 5.74) is 6.22. The molecule has 96 valence electrons. The molecule has 2 rings (SSSR count). The van der Waals surface area contributed by atoms with E-state index < -0.39 is 4.92 Å². The normalized spacial score (nSPS) is 18.9. The van der Waals surface area contributed by atoms with Crippen molar-refractivity contribution in [2.24, 2.45) is 11.7 Å². The van der Waals surface area contributed by atoms with Crippen molar-refractivity contribution in [1.82, 2.24) is 0 Å². The summed E-state index contributed by atoms with van der Waals surface area (Å²) in [6, 6.07) is 6.48. The lowest BCUT2D eigenvalue weighted by Crippen LogP contribution is -2.22. The van der Waals surface area contributed by atoms with Crippen LogP contribution in [0.3, 0.4) is 0 Å². The molecule has 1 aliphatic rings. The Morgan fingerprint density at radius 2 is 2.11 bits per heavy atom. The van der Waals surface area contributed by atoms with Crippen LogP contribution in [0.2, 0.25) is 0 Å². The van der Waals surface area contributed by atoms with Crippen molar-refractivity contribution >= 4 is 17.3 Å². The fourth-order valence-corrected chi connectivity index (χ4v) is 2.30. The van der Waals surface area contributed by atoms with Crippen LogP contribution in [0.15, 0.2) is 24.3 Å². The largest absolute Gasteiger partial charge is 0.371 e. The van der Waals surface area contributed by atoms with E-state index in [-0.39, 0.29) is 17.5 Å². The second-order valence-electron chi connectivity index (χ2n) is 4.54. The molecule has 1 aromatic rings. The standard InChI is InChI=1S/C12H15N3O3/c13-12(16)7-9-5-6-14(8-9)10-1-3-11(4-2-10)15(17)18/h1-4,9H,5-8H2,(H2,13,16)/t9-/m0/s1. The zero-order valence-corrected chi connectivity index (χ0v) is 9.91. The number of anilines is 1. The van der Waals surface area contributed by atoms with E-state index in [2.05, 4.69) is 4.90 Å². The molecule has 0 saturated carbocycles. The third-order valence-electron chi connectivity index (χ3n) is 3.20. The van der Waals surface area contributed by atoms with Gasteiger partial charge in [-0.25, -0.2) is 0 Å². The lowest BCUT2D eigenvalue weighted by Gasteiger charge is -2.18. The fraction of sp³-hybridized carbons (Fsp3) is 0.417. The molecule has 6 nitrogen and oxygen atoms in total. The molecule has 0 radical (unpaired) electrons. The molecule has 0 unspecified atom stereocenters. The van der Waals surface area contributed by atoms with Crippen LogP contribution in [0.25, 0.3) is 0 Å². The third-order valence-corrected chi connectivity index (χ3v) is 3.20. The summed E-state index contributed by atoms with van der Waals surface area (Å²) >= 11 is 0. The van der Waals surface area contributed by atoms with Gasteiger partial charge < -0.3 is 10.6 Å². The Morgan fingerprint density at radius 3 is 2.67 bits per heavy atom. The Balaban J connectivity index is 2.01. The number of benzene rings is 1. The molecule has 0 aromatic heterocycles. The van der Waals surface area contributed by atoms with Gasteiger partial charge in [0.2, 0.25) is 5.91 Å². The summed E-state index contributed by atoms with van der Waals surface area (Å²) in [5, 5.41) is 10.5. The summed E-state index contributed by atoms with van der Waals surface area (Å²) in [6.45, 7) is 1.64. The van der Waals surface area contributed by atoms with Crippen molar-refractivity contribution in [2.75, 3.05) is 18.0 Å². The SMILES string of the molecule is NC(=O)C[C@@H]1CCN(c2ccc([N+](=O)[O-])cc2)C1. The van der Waals surface area contributed by atoms with Crippen molar-refractivity contribution in [1.29, 1.82) is 0 Å². The Morgan fingerprint density at radius 1 is 1.44 bits per heavy atom. The highest BCUT2D eigenvalue weighted by atomic mass is 16.6. The highest BCUT2D eigenvalue weighted by Gasteiger charge is 2.24. The summed E-state index contributed by atoms with van der Waals surface area (Å²) in [6.07, 6.45) is 1.34. The van der Waals surface area contributed by atoms with Crippen molar-refractivity contribution < 1.29 is 9.72 Å². The van der Waals surface area contributed by atoms with Gasteiger partial charge in [-0.05, 0) is 24.5 Å². The van der Waals surface area contributed by atoms with Crippen LogP contribution < -0.4 is 10.6 Å². The van der Waals surface area contributed by atoms with E-state index in [1.165, 1.54) is 12.1 Å². The van der Waals surface area contributed by atoms with Crippen LogP contribution in [0, 0.1) is 16.0 Å². The van der Waals surface area contributed by atoms with E-state index in [0.717, 1.165) is 25.2 Å². The lowest BCUT2D eigenvalue weighted by molar-refractivity contribution is -0.384. The van der Waals surface area contributed by atoms with Gasteiger partial charge in [0.25, 0.3) is 5.69 Å². The third kappa shape index (κ3) is 2.77. The summed E-state index contributed by atoms with van der Waals surface area (Å²) < 4.78 is 0. The predicted octanol–water partition coefficient (Wildman–Crippen LogP) is 1.30. The average Bonchev–Trinajstić information content (AvgIpc) is 2.76. The first-order valence-corrected chi connectivity index (χ1v) is 5.84. The Labute approximate surface area is 105 Å². The monoisotopic (exact) mass is 249 g/mol. The maximum atomic E-state index is 10.8. The summed E-state index contributed by atoms with van der Waals surface area (Å²) in [7, 11) is 0. The molecular weight excluding hydrogens is 234 g/mol. The topological polar surface area (TPSA) is 89.5 Å². The molecule has 1 atom stereocenters. The summed E-state index contributed by atoms with van der Waals surface area (Å²) in [4.78, 5) is 23.1. The first-order chi connectivity index (χ1) is 8.56. The van der Waals surface area contributed by atoms with Gasteiger partial charge in [-0.3, -0.25) is 14.9 Å². The molecule has 1 aliphatic heterocycles. The van der Waals surface area contributed by atoms with Crippen LogP contribution >= 0.6 is 0 Å². The molecule has 1 fully saturated rings. The Bertz CT molecular complexity index is 458. The second kappa shape index (κ2) is 5.03. The number of nitro groups is 1. The average molecular weight is 249 g/mol. The van der Waals surface area contributed by atoms with Gasteiger partial charge >= 0.3 is 0 Å². The number of hydrogen-bond acceptors (Lipinski definition) is 4. The zero-order valence-electron chi connectivity index (χ0n) is 9.91.